The lowest BCUT2D eigenvalue weighted by Gasteiger charge is -2.35. The van der Waals surface area contributed by atoms with Gasteiger partial charge in [0.25, 0.3) is 0 Å². The fourth-order valence-electron chi connectivity index (χ4n) is 3.40. The van der Waals surface area contributed by atoms with E-state index in [1.165, 1.54) is 16.7 Å². The van der Waals surface area contributed by atoms with E-state index in [0.29, 0.717) is 39.0 Å². The predicted octanol–water partition coefficient (Wildman–Crippen LogP) is 2.37. The molecule has 0 saturated carbocycles. The van der Waals surface area contributed by atoms with E-state index in [2.05, 4.69) is 0 Å². The molecule has 1 aliphatic rings. The number of nitrogens with zero attached hydrogens (tertiary/aromatic N) is 2. The summed E-state index contributed by atoms with van der Waals surface area (Å²) in [6, 6.07) is 8.46. The third-order valence-corrected chi connectivity index (χ3v) is 5.09. The summed E-state index contributed by atoms with van der Waals surface area (Å²) in [4.78, 5) is 39.8. The second-order valence-electron chi connectivity index (χ2n) is 7.22. The average molecular weight is 406 g/mol. The molecule has 1 N–H and O–H groups in total. The Balaban J connectivity index is 1.96. The Labute approximate surface area is 171 Å². The van der Waals surface area contributed by atoms with Crippen LogP contribution in [0.15, 0.2) is 30.3 Å². The molecule has 2 amide bonds. The van der Waals surface area contributed by atoms with Crippen LogP contribution >= 0.6 is 0 Å². The van der Waals surface area contributed by atoms with Crippen LogP contribution in [0, 0.1) is 5.92 Å². The third kappa shape index (κ3) is 6.74. The second kappa shape index (κ2) is 11.4. The number of hydrogen-bond donors (Lipinski definition) is 1. The van der Waals surface area contributed by atoms with Crippen LogP contribution in [0.3, 0.4) is 0 Å². The number of carbonyl (C=O) groups is 3. The van der Waals surface area contributed by atoms with E-state index in [-0.39, 0.29) is 19.1 Å². The number of benzene rings is 1. The van der Waals surface area contributed by atoms with Crippen molar-refractivity contribution in [1.29, 1.82) is 0 Å². The number of aliphatic carboxylic acids is 1. The molecule has 1 saturated heterocycles. The fraction of sp³-hybridized carbons (Fsp3) is 0.571. The van der Waals surface area contributed by atoms with Crippen molar-refractivity contribution >= 4 is 18.0 Å². The van der Waals surface area contributed by atoms with Crippen LogP contribution in [-0.4, -0.2) is 72.3 Å². The van der Waals surface area contributed by atoms with Crippen molar-refractivity contribution < 1.29 is 29.0 Å². The first kappa shape index (κ1) is 22.7. The largest absolute Gasteiger partial charge is 0.480 e. The zero-order chi connectivity index (χ0) is 21.2. The standard InChI is InChI=1S/C21H30N2O6/c1-16(20(25)26)23(12-7-13-28-2)19(24)18-10-6-11-22(14-18)21(27)29-15-17-8-4-3-5-9-17/h3-5,8-9,16,18H,6-7,10-15H2,1-2H3,(H,25,26)/t16?,18-/m1/s1. The van der Waals surface area contributed by atoms with Crippen LogP contribution in [0.4, 0.5) is 4.79 Å². The van der Waals surface area contributed by atoms with E-state index in [4.69, 9.17) is 9.47 Å². The van der Waals surface area contributed by atoms with E-state index in [9.17, 15) is 19.5 Å². The highest BCUT2D eigenvalue weighted by atomic mass is 16.6. The lowest BCUT2D eigenvalue weighted by atomic mass is 9.96. The minimum atomic E-state index is -1.05. The van der Waals surface area contributed by atoms with Crippen molar-refractivity contribution in [2.45, 2.75) is 38.8 Å². The van der Waals surface area contributed by atoms with Crippen LogP contribution in [0.5, 0.6) is 0 Å². The van der Waals surface area contributed by atoms with Crippen LogP contribution < -0.4 is 0 Å². The van der Waals surface area contributed by atoms with Crippen LogP contribution in [0.25, 0.3) is 0 Å². The van der Waals surface area contributed by atoms with Gasteiger partial charge in [0, 0.05) is 33.4 Å². The average Bonchev–Trinajstić information content (AvgIpc) is 2.75. The molecule has 1 fully saturated rings. The van der Waals surface area contributed by atoms with Gasteiger partial charge in [-0.2, -0.15) is 0 Å². The zero-order valence-electron chi connectivity index (χ0n) is 17.1. The number of likely N-dealkylation sites (tertiary alicyclic amines) is 1. The summed E-state index contributed by atoms with van der Waals surface area (Å²) in [6.45, 7) is 3.18. The summed E-state index contributed by atoms with van der Waals surface area (Å²) in [6.07, 6.45) is 1.39. The summed E-state index contributed by atoms with van der Waals surface area (Å²) in [7, 11) is 1.56. The van der Waals surface area contributed by atoms with Crippen LogP contribution in [-0.2, 0) is 25.7 Å². The predicted molar refractivity (Wildman–Crippen MR) is 106 cm³/mol. The number of ether oxygens (including phenoxy) is 2. The summed E-state index contributed by atoms with van der Waals surface area (Å²) < 4.78 is 10.4. The molecule has 1 aromatic carbocycles. The summed E-state index contributed by atoms with van der Waals surface area (Å²) in [5.74, 6) is -1.72. The molecule has 1 heterocycles. The quantitative estimate of drug-likeness (QED) is 0.633. The van der Waals surface area contributed by atoms with Gasteiger partial charge < -0.3 is 24.4 Å². The van der Waals surface area contributed by atoms with Gasteiger partial charge in [-0.15, -0.1) is 0 Å². The molecular weight excluding hydrogens is 376 g/mol. The highest BCUT2D eigenvalue weighted by molar-refractivity contribution is 5.85. The SMILES string of the molecule is COCCCN(C(=O)[C@@H]1CCCN(C(=O)OCc2ccccc2)C1)C(C)C(=O)O. The molecule has 0 aliphatic carbocycles. The molecule has 0 bridgehead atoms. The monoisotopic (exact) mass is 406 g/mol. The number of carboxylic acid groups (broad SMARTS) is 1. The zero-order valence-corrected chi connectivity index (χ0v) is 17.1. The minimum absolute atomic E-state index is 0.175. The third-order valence-electron chi connectivity index (χ3n) is 5.09. The van der Waals surface area contributed by atoms with Crippen molar-refractivity contribution in [3.8, 4) is 0 Å². The maximum absolute atomic E-state index is 13.0. The lowest BCUT2D eigenvalue weighted by Crippen LogP contribution is -2.51. The van der Waals surface area contributed by atoms with Gasteiger partial charge in [-0.25, -0.2) is 9.59 Å². The van der Waals surface area contributed by atoms with Gasteiger partial charge in [0.15, 0.2) is 0 Å². The molecular formula is C21H30N2O6. The Morgan fingerprint density at radius 1 is 1.28 bits per heavy atom. The van der Waals surface area contributed by atoms with E-state index in [1.54, 1.807) is 7.11 Å². The lowest BCUT2D eigenvalue weighted by molar-refractivity contribution is -0.152. The molecule has 0 radical (unpaired) electrons. The Morgan fingerprint density at radius 2 is 2.00 bits per heavy atom. The molecule has 0 aromatic heterocycles. The molecule has 160 valence electrons. The molecule has 1 unspecified atom stereocenters. The van der Waals surface area contributed by atoms with Gasteiger partial charge >= 0.3 is 12.1 Å². The number of amides is 2. The minimum Gasteiger partial charge on any atom is -0.480 e. The van der Waals surface area contributed by atoms with Crippen molar-refractivity contribution in [1.82, 2.24) is 9.80 Å². The van der Waals surface area contributed by atoms with E-state index in [0.717, 1.165) is 5.56 Å². The van der Waals surface area contributed by atoms with E-state index < -0.39 is 24.0 Å². The normalized spacial score (nSPS) is 17.4. The molecule has 8 heteroatoms. The Kier molecular flexibility index (Phi) is 8.92. The van der Waals surface area contributed by atoms with E-state index >= 15 is 0 Å². The van der Waals surface area contributed by atoms with Crippen molar-refractivity contribution in [2.75, 3.05) is 33.4 Å². The summed E-state index contributed by atoms with van der Waals surface area (Å²) in [5.41, 5.74) is 0.894. The number of carboxylic acids is 1. The molecule has 2 rings (SSSR count). The number of carbonyl (C=O) groups excluding carboxylic acids is 2. The Bertz CT molecular complexity index is 681. The van der Waals surface area contributed by atoms with E-state index in [1.807, 2.05) is 30.3 Å². The molecule has 1 aromatic rings. The highest BCUT2D eigenvalue weighted by Gasteiger charge is 2.35. The van der Waals surface area contributed by atoms with Gasteiger partial charge in [0.1, 0.15) is 12.6 Å². The maximum atomic E-state index is 13.0. The van der Waals surface area contributed by atoms with Crippen LogP contribution in [0.1, 0.15) is 31.7 Å². The highest BCUT2D eigenvalue weighted by Crippen LogP contribution is 2.21. The first-order valence-electron chi connectivity index (χ1n) is 9.92. The van der Waals surface area contributed by atoms with Gasteiger partial charge in [-0.3, -0.25) is 4.79 Å². The molecule has 8 nitrogen and oxygen atoms in total. The van der Waals surface area contributed by atoms with Crippen molar-refractivity contribution in [2.24, 2.45) is 5.92 Å². The Hall–Kier alpha value is -2.61. The van der Waals surface area contributed by atoms with Gasteiger partial charge in [0.2, 0.25) is 5.91 Å². The number of hydrogen-bond acceptors (Lipinski definition) is 5. The molecule has 29 heavy (non-hydrogen) atoms. The fourth-order valence-corrected chi connectivity index (χ4v) is 3.40. The van der Waals surface area contributed by atoms with Gasteiger partial charge in [0.05, 0.1) is 5.92 Å². The topological polar surface area (TPSA) is 96.4 Å². The second-order valence-corrected chi connectivity index (χ2v) is 7.22. The maximum Gasteiger partial charge on any atom is 0.410 e. The first-order valence-corrected chi connectivity index (χ1v) is 9.92. The number of rotatable bonds is 9. The van der Waals surface area contributed by atoms with Crippen molar-refractivity contribution in [3.63, 3.8) is 0 Å². The number of piperidine rings is 1. The molecule has 1 aliphatic heterocycles. The first-order chi connectivity index (χ1) is 13.9. The molecule has 2 atom stereocenters. The molecule has 0 spiro atoms. The van der Waals surface area contributed by atoms with Gasteiger partial charge in [-0.05, 0) is 31.7 Å². The Morgan fingerprint density at radius 3 is 2.66 bits per heavy atom. The van der Waals surface area contributed by atoms with Gasteiger partial charge in [-0.1, -0.05) is 30.3 Å². The van der Waals surface area contributed by atoms with Crippen molar-refractivity contribution in [3.05, 3.63) is 35.9 Å². The number of methoxy groups -OCH3 is 1. The summed E-state index contributed by atoms with van der Waals surface area (Å²) in [5, 5.41) is 9.36. The van der Waals surface area contributed by atoms with Crippen LogP contribution in [0.2, 0.25) is 0 Å². The summed E-state index contributed by atoms with van der Waals surface area (Å²) >= 11 is 0. The smallest absolute Gasteiger partial charge is 0.410 e.